The Morgan fingerprint density at radius 1 is 1.38 bits per heavy atom. The predicted octanol–water partition coefficient (Wildman–Crippen LogP) is 1.81. The van der Waals surface area contributed by atoms with Gasteiger partial charge in [0.15, 0.2) is 0 Å². The molecule has 4 nitrogen and oxygen atoms in total. The van der Waals surface area contributed by atoms with Crippen LogP contribution in [0.4, 0.5) is 5.82 Å². The maximum Gasteiger partial charge on any atom is 0.125 e. The van der Waals surface area contributed by atoms with Crippen LogP contribution in [-0.2, 0) is 13.6 Å². The van der Waals surface area contributed by atoms with Gasteiger partial charge in [0.2, 0.25) is 0 Å². The van der Waals surface area contributed by atoms with Gasteiger partial charge < -0.3 is 11.1 Å². The molecule has 0 atom stereocenters. The minimum absolute atomic E-state index is 0.669. The van der Waals surface area contributed by atoms with E-state index < -0.39 is 0 Å². The third-order valence-electron chi connectivity index (χ3n) is 3.50. The molecule has 3 N–H and O–H groups in total. The van der Waals surface area contributed by atoms with Crippen LogP contribution in [0, 0.1) is 0 Å². The maximum atomic E-state index is 5.91. The number of nitrogens with one attached hydrogen (secondary N) is 1. The Bertz CT molecular complexity index is 324. The summed E-state index contributed by atoms with van der Waals surface area (Å²) in [6.45, 7) is 0.852. The molecule has 1 saturated carbocycles. The third-order valence-corrected chi connectivity index (χ3v) is 3.50. The first kappa shape index (κ1) is 11.5. The largest absolute Gasteiger partial charge is 0.384 e. The summed E-state index contributed by atoms with van der Waals surface area (Å²) in [6.07, 6.45) is 9.99. The molecule has 0 unspecified atom stereocenters. The molecule has 90 valence electrons. The van der Waals surface area contributed by atoms with Gasteiger partial charge in [0.25, 0.3) is 0 Å². The van der Waals surface area contributed by atoms with Gasteiger partial charge in [-0.05, 0) is 12.8 Å². The molecule has 1 aromatic rings. The Labute approximate surface area is 97.2 Å². The molecule has 0 amide bonds. The van der Waals surface area contributed by atoms with Gasteiger partial charge >= 0.3 is 0 Å². The van der Waals surface area contributed by atoms with Crippen LogP contribution in [-0.4, -0.2) is 15.8 Å². The molecule has 16 heavy (non-hydrogen) atoms. The number of nitrogen functional groups attached to an aromatic ring is 1. The third kappa shape index (κ3) is 2.76. The summed E-state index contributed by atoms with van der Waals surface area (Å²) in [4.78, 5) is 0. The van der Waals surface area contributed by atoms with Gasteiger partial charge in [0, 0.05) is 25.2 Å². The number of nitrogens with zero attached hydrogens (tertiary/aromatic N) is 2. The summed E-state index contributed by atoms with van der Waals surface area (Å²) < 4.78 is 1.73. The van der Waals surface area contributed by atoms with E-state index >= 15 is 0 Å². The fourth-order valence-corrected chi connectivity index (χ4v) is 2.37. The molecule has 0 aliphatic heterocycles. The lowest BCUT2D eigenvalue weighted by molar-refractivity contribution is 0.459. The first-order valence-corrected chi connectivity index (χ1v) is 6.27. The molecule has 4 heteroatoms. The van der Waals surface area contributed by atoms with Crippen LogP contribution in [0.25, 0.3) is 0 Å². The normalized spacial score (nSPS) is 18.6. The van der Waals surface area contributed by atoms with Gasteiger partial charge in [0.1, 0.15) is 5.82 Å². The van der Waals surface area contributed by atoms with Crippen LogP contribution in [0.5, 0.6) is 0 Å². The fraction of sp³-hybridized carbons (Fsp3) is 0.750. The van der Waals surface area contributed by atoms with E-state index in [1.165, 1.54) is 38.5 Å². The first-order chi connectivity index (χ1) is 7.77. The molecule has 1 fully saturated rings. The Hall–Kier alpha value is -1.03. The highest BCUT2D eigenvalue weighted by atomic mass is 15.3. The highest BCUT2D eigenvalue weighted by molar-refractivity contribution is 5.38. The molecule has 0 spiro atoms. The standard InChI is InChI=1S/C12H22N4/c1-16-12(13)10(9-15-16)8-14-11-6-4-2-3-5-7-11/h9,11,14H,2-8,13H2,1H3. The van der Waals surface area contributed by atoms with Gasteiger partial charge in [-0.3, -0.25) is 4.68 Å². The topological polar surface area (TPSA) is 55.9 Å². The van der Waals surface area contributed by atoms with E-state index in [-0.39, 0.29) is 0 Å². The summed E-state index contributed by atoms with van der Waals surface area (Å²) in [5, 5.41) is 7.75. The van der Waals surface area contributed by atoms with Crippen LogP contribution in [0.2, 0.25) is 0 Å². The Morgan fingerprint density at radius 2 is 2.06 bits per heavy atom. The van der Waals surface area contributed by atoms with Gasteiger partial charge in [-0.1, -0.05) is 25.7 Å². The van der Waals surface area contributed by atoms with Crippen LogP contribution in [0.3, 0.4) is 0 Å². The van der Waals surface area contributed by atoms with E-state index in [1.54, 1.807) is 4.68 Å². The van der Waals surface area contributed by atoms with Crippen molar-refractivity contribution in [2.24, 2.45) is 7.05 Å². The monoisotopic (exact) mass is 222 g/mol. The number of nitrogens with two attached hydrogens (primary N) is 1. The van der Waals surface area contributed by atoms with E-state index in [2.05, 4.69) is 10.4 Å². The average molecular weight is 222 g/mol. The van der Waals surface area contributed by atoms with Crippen LogP contribution in [0.1, 0.15) is 44.1 Å². The zero-order chi connectivity index (χ0) is 11.4. The second-order valence-corrected chi connectivity index (χ2v) is 4.75. The number of hydrogen-bond acceptors (Lipinski definition) is 3. The van der Waals surface area contributed by atoms with Crippen molar-refractivity contribution < 1.29 is 0 Å². The number of anilines is 1. The van der Waals surface area contributed by atoms with Crippen molar-refractivity contribution in [2.75, 3.05) is 5.73 Å². The SMILES string of the molecule is Cn1ncc(CNC2CCCCCC2)c1N. The number of aryl methyl sites for hydroxylation is 1. The molecule has 1 aliphatic rings. The Kier molecular flexibility index (Phi) is 3.83. The van der Waals surface area contributed by atoms with E-state index in [0.29, 0.717) is 6.04 Å². The number of aromatic nitrogens is 2. The quantitative estimate of drug-likeness (QED) is 0.767. The van der Waals surface area contributed by atoms with Crippen molar-refractivity contribution in [3.05, 3.63) is 11.8 Å². The smallest absolute Gasteiger partial charge is 0.125 e. The number of hydrogen-bond donors (Lipinski definition) is 2. The fourth-order valence-electron chi connectivity index (χ4n) is 2.37. The van der Waals surface area contributed by atoms with Crippen molar-refractivity contribution in [1.29, 1.82) is 0 Å². The van der Waals surface area contributed by atoms with Crippen LogP contribution < -0.4 is 11.1 Å². The molecular weight excluding hydrogens is 200 g/mol. The first-order valence-electron chi connectivity index (χ1n) is 6.27. The van der Waals surface area contributed by atoms with E-state index in [0.717, 1.165) is 17.9 Å². The molecular formula is C12H22N4. The van der Waals surface area contributed by atoms with Crippen molar-refractivity contribution in [3.8, 4) is 0 Å². The number of rotatable bonds is 3. The summed E-state index contributed by atoms with van der Waals surface area (Å²) in [5.74, 6) is 0.779. The minimum atomic E-state index is 0.669. The highest BCUT2D eigenvalue weighted by Gasteiger charge is 2.12. The lowest BCUT2D eigenvalue weighted by Crippen LogP contribution is -2.28. The summed E-state index contributed by atoms with van der Waals surface area (Å²) in [5.41, 5.74) is 7.03. The molecule has 0 bridgehead atoms. The van der Waals surface area contributed by atoms with Crippen molar-refractivity contribution in [1.82, 2.24) is 15.1 Å². The van der Waals surface area contributed by atoms with E-state index in [1.807, 2.05) is 13.2 Å². The van der Waals surface area contributed by atoms with E-state index in [4.69, 9.17) is 5.73 Å². The zero-order valence-corrected chi connectivity index (χ0v) is 10.1. The lowest BCUT2D eigenvalue weighted by Gasteiger charge is -2.15. The molecule has 0 aromatic carbocycles. The van der Waals surface area contributed by atoms with Gasteiger partial charge in [0.05, 0.1) is 6.20 Å². The maximum absolute atomic E-state index is 5.91. The van der Waals surface area contributed by atoms with Crippen molar-refractivity contribution in [2.45, 2.75) is 51.1 Å². The second kappa shape index (κ2) is 5.34. The summed E-state index contributed by atoms with van der Waals surface area (Å²) in [7, 11) is 1.88. The molecule has 1 heterocycles. The second-order valence-electron chi connectivity index (χ2n) is 4.75. The molecule has 1 aromatic heterocycles. The van der Waals surface area contributed by atoms with Gasteiger partial charge in [-0.2, -0.15) is 5.10 Å². The van der Waals surface area contributed by atoms with E-state index in [9.17, 15) is 0 Å². The predicted molar refractivity (Wildman–Crippen MR) is 66.0 cm³/mol. The Morgan fingerprint density at radius 3 is 2.62 bits per heavy atom. The lowest BCUT2D eigenvalue weighted by atomic mass is 10.1. The zero-order valence-electron chi connectivity index (χ0n) is 10.1. The average Bonchev–Trinajstić information content (AvgIpc) is 2.53. The summed E-state index contributed by atoms with van der Waals surface area (Å²) in [6, 6.07) is 0.669. The molecule has 0 saturated heterocycles. The molecule has 1 aliphatic carbocycles. The molecule has 2 rings (SSSR count). The molecule has 0 radical (unpaired) electrons. The van der Waals surface area contributed by atoms with Crippen LogP contribution in [0.15, 0.2) is 6.20 Å². The highest BCUT2D eigenvalue weighted by Crippen LogP contribution is 2.18. The van der Waals surface area contributed by atoms with Crippen molar-refractivity contribution >= 4 is 5.82 Å². The summed E-state index contributed by atoms with van der Waals surface area (Å²) >= 11 is 0. The van der Waals surface area contributed by atoms with Gasteiger partial charge in [-0.25, -0.2) is 0 Å². The van der Waals surface area contributed by atoms with Crippen molar-refractivity contribution in [3.63, 3.8) is 0 Å². The van der Waals surface area contributed by atoms with Crippen LogP contribution >= 0.6 is 0 Å². The minimum Gasteiger partial charge on any atom is -0.384 e. The Balaban J connectivity index is 1.84. The van der Waals surface area contributed by atoms with Gasteiger partial charge in [-0.15, -0.1) is 0 Å².